The first-order valence-corrected chi connectivity index (χ1v) is 5.18. The van der Waals surface area contributed by atoms with E-state index in [2.05, 4.69) is 4.90 Å². The molecule has 0 aromatic carbocycles. The Kier molecular flexibility index (Phi) is 3.19. The monoisotopic (exact) mass is 182 g/mol. The molecule has 2 heterocycles. The van der Waals surface area contributed by atoms with Gasteiger partial charge in [0.2, 0.25) is 0 Å². The molecule has 2 aliphatic rings. The molecule has 0 N–H and O–H groups in total. The Balaban J connectivity index is 1.69. The third kappa shape index (κ3) is 2.66. The number of hydrogen-bond acceptors (Lipinski definition) is 3. The summed E-state index contributed by atoms with van der Waals surface area (Å²) in [4.78, 5) is 4.35. The van der Waals surface area contributed by atoms with Crippen LogP contribution in [-0.2, 0) is 4.74 Å². The quantitative estimate of drug-likeness (QED) is 0.617. The fourth-order valence-electron chi connectivity index (χ4n) is 2.02. The van der Waals surface area contributed by atoms with Crippen LogP contribution >= 0.6 is 0 Å². The summed E-state index contributed by atoms with van der Waals surface area (Å²) in [7, 11) is 5.68. The molecule has 0 aromatic rings. The first-order valence-electron chi connectivity index (χ1n) is 5.18. The Morgan fingerprint density at radius 1 is 1.23 bits per heavy atom. The molecule has 0 aliphatic carbocycles. The van der Waals surface area contributed by atoms with Crippen molar-refractivity contribution in [2.24, 2.45) is 0 Å². The summed E-state index contributed by atoms with van der Waals surface area (Å²) in [5, 5.41) is 0. The van der Waals surface area contributed by atoms with Crippen LogP contribution in [0.15, 0.2) is 0 Å². The second-order valence-electron chi connectivity index (χ2n) is 3.97. The topological polar surface area (TPSA) is 15.7 Å². The normalized spacial score (nSPS) is 32.5. The van der Waals surface area contributed by atoms with E-state index < -0.39 is 0 Å². The standard InChI is InChI=1S/C10H18N2O/c1-11-4-6-12(7-5-11)9-10-3-2-8-13-10/h1,10H,2-9H2. The molecular weight excluding hydrogens is 164 g/mol. The molecule has 0 spiro atoms. The molecule has 2 saturated heterocycles. The summed E-state index contributed by atoms with van der Waals surface area (Å²) >= 11 is 0. The molecule has 0 bridgehead atoms. The molecule has 1 unspecified atom stereocenters. The third-order valence-corrected chi connectivity index (χ3v) is 2.89. The van der Waals surface area contributed by atoms with Crippen molar-refractivity contribution in [2.45, 2.75) is 18.9 Å². The second kappa shape index (κ2) is 4.40. The molecule has 0 saturated carbocycles. The van der Waals surface area contributed by atoms with E-state index in [-0.39, 0.29) is 0 Å². The van der Waals surface area contributed by atoms with E-state index in [0.29, 0.717) is 6.10 Å². The first-order chi connectivity index (χ1) is 6.34. The fraction of sp³-hybridized carbons (Fsp3) is 0.900. The van der Waals surface area contributed by atoms with Crippen LogP contribution in [0, 0.1) is 7.05 Å². The van der Waals surface area contributed by atoms with Crippen LogP contribution in [0.25, 0.3) is 0 Å². The van der Waals surface area contributed by atoms with Gasteiger partial charge in [0.05, 0.1) is 6.10 Å². The number of ether oxygens (including phenoxy) is 1. The molecule has 0 amide bonds. The van der Waals surface area contributed by atoms with E-state index in [4.69, 9.17) is 11.8 Å². The Morgan fingerprint density at radius 3 is 2.62 bits per heavy atom. The van der Waals surface area contributed by atoms with Crippen LogP contribution in [0.2, 0.25) is 0 Å². The Hall–Kier alpha value is -0.120. The van der Waals surface area contributed by atoms with E-state index in [9.17, 15) is 0 Å². The van der Waals surface area contributed by atoms with Crippen LogP contribution in [0.5, 0.6) is 0 Å². The van der Waals surface area contributed by atoms with Crippen molar-refractivity contribution in [3.8, 4) is 0 Å². The number of hydrogen-bond donors (Lipinski definition) is 0. The Morgan fingerprint density at radius 2 is 2.00 bits per heavy atom. The van der Waals surface area contributed by atoms with Crippen LogP contribution < -0.4 is 0 Å². The van der Waals surface area contributed by atoms with E-state index in [1.807, 2.05) is 4.90 Å². The van der Waals surface area contributed by atoms with Gasteiger partial charge in [0.15, 0.2) is 0 Å². The summed E-state index contributed by atoms with van der Waals surface area (Å²) in [5.41, 5.74) is 0. The minimum absolute atomic E-state index is 0.490. The van der Waals surface area contributed by atoms with Gasteiger partial charge in [-0.05, 0) is 12.8 Å². The first kappa shape index (κ1) is 9.44. The predicted octanol–water partition coefficient (Wildman–Crippen LogP) is 0.452. The Labute approximate surface area is 80.6 Å². The van der Waals surface area contributed by atoms with Gasteiger partial charge >= 0.3 is 0 Å². The van der Waals surface area contributed by atoms with Crippen LogP contribution in [0.1, 0.15) is 12.8 Å². The van der Waals surface area contributed by atoms with E-state index >= 15 is 0 Å². The van der Waals surface area contributed by atoms with Gasteiger partial charge in [-0.3, -0.25) is 9.80 Å². The zero-order chi connectivity index (χ0) is 9.10. The van der Waals surface area contributed by atoms with E-state index in [1.165, 1.54) is 12.8 Å². The number of piperazine rings is 1. The summed E-state index contributed by atoms with van der Waals surface area (Å²) < 4.78 is 5.60. The predicted molar refractivity (Wildman–Crippen MR) is 51.3 cm³/mol. The smallest absolute Gasteiger partial charge is 0.0702 e. The van der Waals surface area contributed by atoms with Crippen molar-refractivity contribution < 1.29 is 4.74 Å². The molecule has 0 aromatic heterocycles. The van der Waals surface area contributed by atoms with Gasteiger partial charge in [0, 0.05) is 46.4 Å². The molecule has 1 atom stereocenters. The van der Waals surface area contributed by atoms with Gasteiger partial charge in [-0.2, -0.15) is 0 Å². The highest BCUT2D eigenvalue weighted by molar-refractivity contribution is 4.75. The number of nitrogens with zero attached hydrogens (tertiary/aromatic N) is 2. The molecule has 2 radical (unpaired) electrons. The lowest BCUT2D eigenvalue weighted by Gasteiger charge is -2.33. The van der Waals surface area contributed by atoms with E-state index in [0.717, 1.165) is 39.3 Å². The molecule has 2 rings (SSSR count). The second-order valence-corrected chi connectivity index (χ2v) is 3.97. The lowest BCUT2D eigenvalue weighted by molar-refractivity contribution is 0.0575. The van der Waals surface area contributed by atoms with Crippen molar-refractivity contribution in [3.05, 3.63) is 7.05 Å². The average Bonchev–Trinajstić information content (AvgIpc) is 2.62. The minimum Gasteiger partial charge on any atom is -0.377 e. The van der Waals surface area contributed by atoms with Gasteiger partial charge in [-0.1, -0.05) is 0 Å². The maximum absolute atomic E-state index is 5.68. The van der Waals surface area contributed by atoms with Crippen molar-refractivity contribution in [1.82, 2.24) is 9.80 Å². The SMILES string of the molecule is [CH]N1CCN(CC2CCCO2)CC1. The molecule has 3 nitrogen and oxygen atoms in total. The molecule has 2 fully saturated rings. The van der Waals surface area contributed by atoms with Gasteiger partial charge in [0.25, 0.3) is 0 Å². The van der Waals surface area contributed by atoms with Crippen molar-refractivity contribution >= 4 is 0 Å². The number of rotatable bonds is 2. The van der Waals surface area contributed by atoms with Crippen molar-refractivity contribution in [1.29, 1.82) is 0 Å². The summed E-state index contributed by atoms with van der Waals surface area (Å²) in [5.74, 6) is 0. The fourth-order valence-corrected chi connectivity index (χ4v) is 2.02. The molecular formula is C10H18N2O. The van der Waals surface area contributed by atoms with E-state index in [1.54, 1.807) is 0 Å². The van der Waals surface area contributed by atoms with Gasteiger partial charge in [-0.25, -0.2) is 0 Å². The lowest BCUT2D eigenvalue weighted by atomic mass is 10.2. The largest absolute Gasteiger partial charge is 0.377 e. The zero-order valence-corrected chi connectivity index (χ0v) is 8.11. The highest BCUT2D eigenvalue weighted by Crippen LogP contribution is 2.14. The lowest BCUT2D eigenvalue weighted by Crippen LogP contribution is -2.46. The van der Waals surface area contributed by atoms with Crippen LogP contribution in [0.4, 0.5) is 0 Å². The zero-order valence-electron chi connectivity index (χ0n) is 8.11. The minimum atomic E-state index is 0.490. The van der Waals surface area contributed by atoms with Crippen molar-refractivity contribution in [3.63, 3.8) is 0 Å². The van der Waals surface area contributed by atoms with Gasteiger partial charge < -0.3 is 4.74 Å². The van der Waals surface area contributed by atoms with Gasteiger partial charge in [0.1, 0.15) is 0 Å². The molecule has 2 aliphatic heterocycles. The average molecular weight is 182 g/mol. The maximum Gasteiger partial charge on any atom is 0.0702 e. The maximum atomic E-state index is 5.68. The highest BCUT2D eigenvalue weighted by Gasteiger charge is 2.21. The van der Waals surface area contributed by atoms with Crippen LogP contribution in [0.3, 0.4) is 0 Å². The van der Waals surface area contributed by atoms with Crippen molar-refractivity contribution in [2.75, 3.05) is 39.3 Å². The Bertz CT molecular complexity index is 149. The summed E-state index contributed by atoms with van der Waals surface area (Å²) in [6.07, 6.45) is 2.97. The summed E-state index contributed by atoms with van der Waals surface area (Å²) in [6, 6.07) is 0. The molecule has 3 heteroatoms. The molecule has 74 valence electrons. The molecule has 13 heavy (non-hydrogen) atoms. The summed E-state index contributed by atoms with van der Waals surface area (Å²) in [6.45, 7) is 6.24. The van der Waals surface area contributed by atoms with Gasteiger partial charge in [-0.15, -0.1) is 0 Å². The third-order valence-electron chi connectivity index (χ3n) is 2.89. The highest BCUT2D eigenvalue weighted by atomic mass is 16.5. The van der Waals surface area contributed by atoms with Crippen LogP contribution in [-0.4, -0.2) is 55.2 Å².